The summed E-state index contributed by atoms with van der Waals surface area (Å²) in [6, 6.07) is 8.29. The molecule has 2 atom stereocenters. The zero-order chi connectivity index (χ0) is 15.9. The monoisotopic (exact) mass is 303 g/mol. The van der Waals surface area contributed by atoms with Crippen molar-refractivity contribution in [3.63, 3.8) is 0 Å². The molecule has 4 heteroatoms. The third-order valence-electron chi connectivity index (χ3n) is 4.72. The zero-order valence-electron chi connectivity index (χ0n) is 13.8. The Bertz CT molecular complexity index is 489. The molecule has 0 aliphatic carbocycles. The van der Waals surface area contributed by atoms with Gasteiger partial charge in [-0.1, -0.05) is 44.5 Å². The summed E-state index contributed by atoms with van der Waals surface area (Å²) in [6.07, 6.45) is 3.03. The van der Waals surface area contributed by atoms with Crippen molar-refractivity contribution in [2.45, 2.75) is 45.7 Å². The minimum absolute atomic E-state index is 0.0154. The molecule has 1 heterocycles. The van der Waals surface area contributed by atoms with Crippen LogP contribution in [-0.4, -0.2) is 36.5 Å². The van der Waals surface area contributed by atoms with E-state index in [1.807, 2.05) is 6.92 Å². The molecule has 1 aliphatic heterocycles. The van der Waals surface area contributed by atoms with Gasteiger partial charge in [-0.2, -0.15) is 0 Å². The van der Waals surface area contributed by atoms with Crippen LogP contribution in [0.3, 0.4) is 0 Å². The summed E-state index contributed by atoms with van der Waals surface area (Å²) >= 11 is 0. The van der Waals surface area contributed by atoms with Crippen LogP contribution >= 0.6 is 0 Å². The van der Waals surface area contributed by atoms with Crippen molar-refractivity contribution in [1.29, 1.82) is 0 Å². The number of nitrogens with one attached hydrogen (secondary N) is 1. The lowest BCUT2D eigenvalue weighted by Crippen LogP contribution is -2.45. The molecule has 0 saturated heterocycles. The van der Waals surface area contributed by atoms with Crippen molar-refractivity contribution in [2.75, 3.05) is 19.6 Å². The van der Waals surface area contributed by atoms with Gasteiger partial charge in [0.2, 0.25) is 5.91 Å². The van der Waals surface area contributed by atoms with Gasteiger partial charge in [0, 0.05) is 26.2 Å². The van der Waals surface area contributed by atoms with Crippen LogP contribution in [0.4, 0.5) is 0 Å². The number of rotatable bonds is 7. The number of fused-ring (bicyclic) bond motifs is 1. The first-order valence-electron chi connectivity index (χ1n) is 8.44. The van der Waals surface area contributed by atoms with Crippen LogP contribution in [0.15, 0.2) is 24.3 Å². The molecule has 0 saturated carbocycles. The van der Waals surface area contributed by atoms with Crippen molar-refractivity contribution in [2.24, 2.45) is 11.7 Å². The Morgan fingerprint density at radius 3 is 2.82 bits per heavy atom. The second-order valence-corrected chi connectivity index (χ2v) is 6.35. The molecule has 1 aliphatic rings. The molecular weight excluding hydrogens is 274 g/mol. The predicted molar refractivity (Wildman–Crippen MR) is 90.5 cm³/mol. The molecule has 0 bridgehead atoms. The molecule has 0 aromatic heterocycles. The van der Waals surface area contributed by atoms with Crippen LogP contribution in [-0.2, 0) is 17.8 Å². The van der Waals surface area contributed by atoms with Crippen LogP contribution in [0.1, 0.15) is 37.8 Å². The topological polar surface area (TPSA) is 58.4 Å². The first-order valence-corrected chi connectivity index (χ1v) is 8.44. The molecule has 4 nitrogen and oxygen atoms in total. The summed E-state index contributed by atoms with van der Waals surface area (Å²) in [7, 11) is 0. The lowest BCUT2D eigenvalue weighted by Gasteiger charge is -2.28. The van der Waals surface area contributed by atoms with Crippen LogP contribution in [0.2, 0.25) is 0 Å². The van der Waals surface area contributed by atoms with Gasteiger partial charge in [-0.05, 0) is 29.9 Å². The van der Waals surface area contributed by atoms with E-state index in [0.717, 1.165) is 38.9 Å². The van der Waals surface area contributed by atoms with E-state index in [4.69, 9.17) is 5.73 Å². The maximum atomic E-state index is 11.9. The van der Waals surface area contributed by atoms with Gasteiger partial charge >= 0.3 is 0 Å². The van der Waals surface area contributed by atoms with E-state index in [1.165, 1.54) is 11.1 Å². The van der Waals surface area contributed by atoms with E-state index in [9.17, 15) is 4.79 Å². The molecule has 1 aromatic carbocycles. The lowest BCUT2D eigenvalue weighted by molar-refractivity contribution is -0.123. The summed E-state index contributed by atoms with van der Waals surface area (Å²) in [6.45, 7) is 7.95. The van der Waals surface area contributed by atoms with Gasteiger partial charge in [-0.15, -0.1) is 0 Å². The van der Waals surface area contributed by atoms with E-state index in [-0.39, 0.29) is 17.9 Å². The van der Waals surface area contributed by atoms with Gasteiger partial charge in [0.25, 0.3) is 0 Å². The van der Waals surface area contributed by atoms with Crippen molar-refractivity contribution in [3.8, 4) is 0 Å². The highest BCUT2D eigenvalue weighted by atomic mass is 16.2. The number of carbonyl (C=O) groups excluding carboxylic acids is 1. The fourth-order valence-corrected chi connectivity index (χ4v) is 2.89. The van der Waals surface area contributed by atoms with Crippen molar-refractivity contribution >= 4 is 5.91 Å². The Balaban J connectivity index is 1.67. The average molecular weight is 303 g/mol. The fraction of sp³-hybridized carbons (Fsp3) is 0.611. The van der Waals surface area contributed by atoms with Crippen LogP contribution in [0, 0.1) is 5.92 Å². The van der Waals surface area contributed by atoms with Crippen molar-refractivity contribution < 1.29 is 4.79 Å². The summed E-state index contributed by atoms with van der Waals surface area (Å²) in [5.74, 6) is 0.219. The molecule has 3 N–H and O–H groups in total. The van der Waals surface area contributed by atoms with Crippen LogP contribution in [0.25, 0.3) is 0 Å². The minimum Gasteiger partial charge on any atom is -0.355 e. The standard InChI is InChI=1S/C18H29N3O/c1-3-14(2)17(19)18(22)20-10-6-11-21-12-9-15-7-4-5-8-16(15)13-21/h4-5,7-8,14,17H,3,6,9-13,19H2,1-2H3,(H,20,22). The lowest BCUT2D eigenvalue weighted by atomic mass is 9.99. The Kier molecular flexibility index (Phi) is 6.40. The fourth-order valence-electron chi connectivity index (χ4n) is 2.89. The Morgan fingerprint density at radius 2 is 2.09 bits per heavy atom. The number of carbonyl (C=O) groups is 1. The smallest absolute Gasteiger partial charge is 0.237 e. The van der Waals surface area contributed by atoms with E-state index in [2.05, 4.69) is 41.4 Å². The SMILES string of the molecule is CCC(C)C(N)C(=O)NCCCN1CCc2ccccc2C1. The Labute approximate surface area is 134 Å². The second kappa shape index (κ2) is 8.30. The van der Waals surface area contributed by atoms with Crippen LogP contribution in [0.5, 0.6) is 0 Å². The minimum atomic E-state index is -0.383. The Morgan fingerprint density at radius 1 is 1.36 bits per heavy atom. The highest BCUT2D eigenvalue weighted by Crippen LogP contribution is 2.18. The molecule has 1 aromatic rings. The van der Waals surface area contributed by atoms with Crippen molar-refractivity contribution in [1.82, 2.24) is 10.2 Å². The number of amides is 1. The number of benzene rings is 1. The predicted octanol–water partition coefficient (Wildman–Crippen LogP) is 1.92. The van der Waals surface area contributed by atoms with Gasteiger partial charge in [0.05, 0.1) is 6.04 Å². The second-order valence-electron chi connectivity index (χ2n) is 6.35. The summed E-state index contributed by atoms with van der Waals surface area (Å²) in [4.78, 5) is 14.4. The molecule has 0 radical (unpaired) electrons. The molecular formula is C18H29N3O. The third kappa shape index (κ3) is 4.55. The third-order valence-corrected chi connectivity index (χ3v) is 4.72. The highest BCUT2D eigenvalue weighted by Gasteiger charge is 2.19. The van der Waals surface area contributed by atoms with E-state index < -0.39 is 0 Å². The molecule has 1 amide bonds. The van der Waals surface area contributed by atoms with Gasteiger partial charge in [-0.25, -0.2) is 0 Å². The highest BCUT2D eigenvalue weighted by molar-refractivity contribution is 5.81. The molecule has 22 heavy (non-hydrogen) atoms. The van der Waals surface area contributed by atoms with Gasteiger partial charge in [0.1, 0.15) is 0 Å². The number of nitrogens with two attached hydrogens (primary N) is 1. The summed E-state index contributed by atoms with van der Waals surface area (Å²) in [5.41, 5.74) is 8.85. The largest absolute Gasteiger partial charge is 0.355 e. The van der Waals surface area contributed by atoms with Crippen molar-refractivity contribution in [3.05, 3.63) is 35.4 Å². The quantitative estimate of drug-likeness (QED) is 0.757. The summed E-state index contributed by atoms with van der Waals surface area (Å²) < 4.78 is 0. The number of hydrogen-bond donors (Lipinski definition) is 2. The first-order chi connectivity index (χ1) is 10.6. The van der Waals surface area contributed by atoms with E-state index in [1.54, 1.807) is 0 Å². The van der Waals surface area contributed by atoms with Gasteiger partial charge in [-0.3, -0.25) is 9.69 Å². The average Bonchev–Trinajstić information content (AvgIpc) is 2.56. The van der Waals surface area contributed by atoms with E-state index in [0.29, 0.717) is 6.54 Å². The number of nitrogens with zero attached hydrogens (tertiary/aromatic N) is 1. The molecule has 0 fully saturated rings. The van der Waals surface area contributed by atoms with Gasteiger partial charge in [0.15, 0.2) is 0 Å². The molecule has 0 spiro atoms. The molecule has 2 unspecified atom stereocenters. The Hall–Kier alpha value is -1.39. The normalized spacial score (nSPS) is 17.6. The summed E-state index contributed by atoms with van der Waals surface area (Å²) in [5, 5.41) is 2.97. The maximum Gasteiger partial charge on any atom is 0.237 e. The first kappa shape index (κ1) is 17.0. The van der Waals surface area contributed by atoms with E-state index >= 15 is 0 Å². The maximum absolute atomic E-state index is 11.9. The molecule has 2 rings (SSSR count). The van der Waals surface area contributed by atoms with Crippen LogP contribution < -0.4 is 11.1 Å². The van der Waals surface area contributed by atoms with Gasteiger partial charge < -0.3 is 11.1 Å². The molecule has 122 valence electrons. The number of hydrogen-bond acceptors (Lipinski definition) is 3. The zero-order valence-corrected chi connectivity index (χ0v) is 13.8.